The van der Waals surface area contributed by atoms with Gasteiger partial charge in [0.2, 0.25) is 0 Å². The molecule has 0 spiro atoms. The molecule has 16 rings (SSSR count). The largest absolute Gasteiger partial charge is 0.311 e. The molecule has 0 saturated carbocycles. The van der Waals surface area contributed by atoms with Crippen molar-refractivity contribution in [3.8, 4) is 17.1 Å². The average molecular weight is 695 g/mol. The van der Waals surface area contributed by atoms with Crippen LogP contribution in [-0.4, -0.2) is 27.1 Å². The van der Waals surface area contributed by atoms with Crippen molar-refractivity contribution < 1.29 is 0 Å². The number of thiophene rings is 1. The lowest BCUT2D eigenvalue weighted by Crippen LogP contribution is -2.66. The average Bonchev–Trinajstić information content (AvgIpc) is 3.97. The number of rotatable bonds is 0. The molecule has 0 saturated heterocycles. The third-order valence-corrected chi connectivity index (χ3v) is 15.0. The Kier molecular flexibility index (Phi) is 4.06. The van der Waals surface area contributed by atoms with E-state index in [-0.39, 0.29) is 13.4 Å². The Morgan fingerprint density at radius 2 is 0.907 bits per heavy atom. The number of fused-ring (bicyclic) bond motifs is 17. The van der Waals surface area contributed by atoms with E-state index in [9.17, 15) is 0 Å². The van der Waals surface area contributed by atoms with Gasteiger partial charge < -0.3 is 13.7 Å². The molecule has 0 atom stereocenters. The van der Waals surface area contributed by atoms with Gasteiger partial charge in [0.1, 0.15) is 0 Å². The Morgan fingerprint density at radius 3 is 1.61 bits per heavy atom. The Bertz CT molecular complexity index is 3870. The van der Waals surface area contributed by atoms with Crippen LogP contribution in [-0.2, 0) is 0 Å². The van der Waals surface area contributed by atoms with Crippen molar-refractivity contribution in [1.82, 2.24) is 13.7 Å². The molecule has 8 heterocycles. The van der Waals surface area contributed by atoms with Crippen LogP contribution in [0, 0.1) is 0 Å². The maximum atomic E-state index is 2.71. The molecule has 12 aromatic rings. The summed E-state index contributed by atoms with van der Waals surface area (Å²) in [6.45, 7) is 0.235. The van der Waals surface area contributed by atoms with Gasteiger partial charge in [0.15, 0.2) is 0 Å². The summed E-state index contributed by atoms with van der Waals surface area (Å²) >= 11 is 1.95. The second-order valence-electron chi connectivity index (χ2n) is 15.9. The molecule has 0 N–H and O–H groups in total. The zero-order chi connectivity index (χ0) is 34.3. The normalized spacial score (nSPS) is 14.2. The van der Waals surface area contributed by atoms with E-state index >= 15 is 0 Å². The molecule has 4 aromatic heterocycles. The van der Waals surface area contributed by atoms with Gasteiger partial charge in [-0.15, -0.1) is 11.3 Å². The highest BCUT2D eigenvalue weighted by Gasteiger charge is 2.49. The number of hydrogen-bond acceptors (Lipinski definition) is 1. The van der Waals surface area contributed by atoms with Crippen molar-refractivity contribution >= 4 is 143 Å². The van der Waals surface area contributed by atoms with Gasteiger partial charge in [-0.25, -0.2) is 0 Å². The van der Waals surface area contributed by atoms with Crippen LogP contribution >= 0.6 is 11.3 Å². The monoisotopic (exact) mass is 695 g/mol. The van der Waals surface area contributed by atoms with Crippen molar-refractivity contribution in [3.05, 3.63) is 140 Å². The molecule has 0 unspecified atom stereocenters. The summed E-state index contributed by atoms with van der Waals surface area (Å²) in [6, 6.07) is 53.7. The maximum Gasteiger partial charge on any atom is 0.252 e. The first-order chi connectivity index (χ1) is 26.8. The lowest BCUT2D eigenvalue weighted by Gasteiger charge is -2.41. The van der Waals surface area contributed by atoms with Crippen molar-refractivity contribution in [3.63, 3.8) is 0 Å². The summed E-state index contributed by atoms with van der Waals surface area (Å²) < 4.78 is 10.7. The summed E-state index contributed by atoms with van der Waals surface area (Å²) in [5, 5.41) is 10.9. The molecule has 3 nitrogen and oxygen atoms in total. The van der Waals surface area contributed by atoms with E-state index in [1.165, 1.54) is 135 Å². The number of benzene rings is 8. The second kappa shape index (κ2) is 8.33. The van der Waals surface area contributed by atoms with Crippen LogP contribution in [0.25, 0.3) is 103 Å². The fourth-order valence-electron chi connectivity index (χ4n) is 12.0. The Hall–Kier alpha value is -6.49. The van der Waals surface area contributed by atoms with E-state index in [0.29, 0.717) is 0 Å². The van der Waals surface area contributed by atoms with E-state index in [0.717, 1.165) is 0 Å². The SMILES string of the molecule is c1ccc2c(c1)sc1c2cc2c3c1c1ccccc1n3-c1cc3c4c5c1B2c1cccc2c6cccc(c6n-5c12)B4c1cccc2c4ccccc4n-3c12. The first kappa shape index (κ1) is 26.3. The molecule has 4 aliphatic rings. The maximum absolute atomic E-state index is 2.71. The summed E-state index contributed by atoms with van der Waals surface area (Å²) in [5.74, 6) is 0. The van der Waals surface area contributed by atoms with Crippen molar-refractivity contribution in [1.29, 1.82) is 0 Å². The Balaban J connectivity index is 1.23. The fourth-order valence-corrected chi connectivity index (χ4v) is 13.3. The quantitative estimate of drug-likeness (QED) is 0.145. The van der Waals surface area contributed by atoms with Gasteiger partial charge in [-0.2, -0.15) is 0 Å². The first-order valence-corrected chi connectivity index (χ1v) is 19.8. The molecule has 6 heteroatoms. The van der Waals surface area contributed by atoms with Gasteiger partial charge in [0.25, 0.3) is 13.4 Å². The summed E-state index contributed by atoms with van der Waals surface area (Å²) in [7, 11) is 0. The predicted octanol–water partition coefficient (Wildman–Crippen LogP) is 7.63. The molecule has 8 aromatic carbocycles. The van der Waals surface area contributed by atoms with Gasteiger partial charge in [0.05, 0.1) is 16.6 Å². The summed E-state index contributed by atoms with van der Waals surface area (Å²) in [6.07, 6.45) is 0. The van der Waals surface area contributed by atoms with Crippen LogP contribution in [0.15, 0.2) is 140 Å². The third-order valence-electron chi connectivity index (χ3n) is 13.8. The van der Waals surface area contributed by atoms with Gasteiger partial charge in [-0.1, -0.05) is 115 Å². The van der Waals surface area contributed by atoms with Gasteiger partial charge in [-0.05, 0) is 57.0 Å². The van der Waals surface area contributed by atoms with Crippen molar-refractivity contribution in [2.45, 2.75) is 0 Å². The van der Waals surface area contributed by atoms with E-state index in [1.807, 2.05) is 11.3 Å². The zero-order valence-electron chi connectivity index (χ0n) is 28.7. The number of aromatic nitrogens is 3. The van der Waals surface area contributed by atoms with Crippen molar-refractivity contribution in [2.24, 2.45) is 0 Å². The zero-order valence-corrected chi connectivity index (χ0v) is 29.5. The number of nitrogens with zero attached hydrogens (tertiary/aromatic N) is 3. The first-order valence-electron chi connectivity index (χ1n) is 19.0. The summed E-state index contributed by atoms with van der Waals surface area (Å²) in [5.41, 5.74) is 20.7. The third kappa shape index (κ3) is 2.54. The smallest absolute Gasteiger partial charge is 0.252 e. The van der Waals surface area contributed by atoms with Crippen LogP contribution in [0.1, 0.15) is 0 Å². The molecular weight excluding hydrogens is 672 g/mol. The van der Waals surface area contributed by atoms with Crippen LogP contribution in [0.3, 0.4) is 0 Å². The Labute approximate surface area is 312 Å². The van der Waals surface area contributed by atoms with E-state index in [1.54, 1.807) is 0 Å². The molecule has 0 aliphatic carbocycles. The molecule has 4 aliphatic heterocycles. The molecule has 0 fully saturated rings. The lowest BCUT2D eigenvalue weighted by atomic mass is 9.30. The van der Waals surface area contributed by atoms with Crippen LogP contribution in [0.5, 0.6) is 0 Å². The minimum absolute atomic E-state index is 0.101. The fraction of sp³-hybridized carbons (Fsp3) is 0. The molecule has 0 bridgehead atoms. The highest BCUT2D eigenvalue weighted by molar-refractivity contribution is 7.27. The van der Waals surface area contributed by atoms with Gasteiger partial charge >= 0.3 is 0 Å². The standard InChI is InChI=1S/C48H23B2N3S/c1-4-19-35-24(10-1)26-13-7-16-31-43(26)51(35)37-23-38-42-47-41(37)49(31)32-17-8-14-27-28-15-9-18-33(45(28)53(47)44(27)32)50(42)34-22-30-25-11-3-6-21-39(25)54-48(30)40-29-12-2-5-20-36(29)52(38)46(34)40/h1-23H. The molecule has 242 valence electrons. The van der Waals surface area contributed by atoms with Crippen LogP contribution < -0.4 is 32.8 Å². The minimum Gasteiger partial charge on any atom is -0.311 e. The van der Waals surface area contributed by atoms with Crippen LogP contribution in [0.2, 0.25) is 0 Å². The van der Waals surface area contributed by atoms with E-state index in [4.69, 9.17) is 0 Å². The predicted molar refractivity (Wildman–Crippen MR) is 232 cm³/mol. The molecule has 0 amide bonds. The van der Waals surface area contributed by atoms with Crippen molar-refractivity contribution in [2.75, 3.05) is 0 Å². The number of hydrogen-bond donors (Lipinski definition) is 0. The van der Waals surface area contributed by atoms with Crippen LogP contribution in [0.4, 0.5) is 0 Å². The number of para-hydroxylation sites is 5. The minimum atomic E-state index is 0.101. The lowest BCUT2D eigenvalue weighted by molar-refractivity contribution is 1.11. The molecule has 54 heavy (non-hydrogen) atoms. The van der Waals surface area contributed by atoms with Gasteiger partial charge in [-0.3, -0.25) is 0 Å². The van der Waals surface area contributed by atoms with Gasteiger partial charge in [0, 0.05) is 86.1 Å². The summed E-state index contributed by atoms with van der Waals surface area (Å²) in [4.78, 5) is 0. The van der Waals surface area contributed by atoms with E-state index in [2.05, 4.69) is 153 Å². The highest BCUT2D eigenvalue weighted by Crippen LogP contribution is 2.46. The van der Waals surface area contributed by atoms with E-state index < -0.39 is 0 Å². The Morgan fingerprint density at radius 1 is 0.389 bits per heavy atom. The molecular formula is C48H23B2N3S. The molecule has 0 radical (unpaired) electrons. The highest BCUT2D eigenvalue weighted by atomic mass is 32.1. The second-order valence-corrected chi connectivity index (χ2v) is 16.9. The topological polar surface area (TPSA) is 14.8 Å².